The predicted octanol–water partition coefficient (Wildman–Crippen LogP) is 3.07. The maximum absolute atomic E-state index is 9.14. The number of benzene rings is 1. The minimum Gasteiger partial charge on any atom is -0.490 e. The van der Waals surface area contributed by atoms with Gasteiger partial charge in [-0.1, -0.05) is 12.1 Å². The van der Waals surface area contributed by atoms with Gasteiger partial charge in [-0.05, 0) is 50.0 Å². The van der Waals surface area contributed by atoms with Gasteiger partial charge in [0.05, 0.1) is 13.2 Å². The van der Waals surface area contributed by atoms with E-state index in [1.165, 1.54) is 6.42 Å². The van der Waals surface area contributed by atoms with Gasteiger partial charge in [0.1, 0.15) is 6.10 Å². The maximum atomic E-state index is 9.14. The fraction of sp³-hybridized carbons (Fsp3) is 0.467. The molecule has 0 bridgehead atoms. The Labute approximate surface area is 108 Å². The van der Waals surface area contributed by atoms with Crippen LogP contribution in [-0.4, -0.2) is 17.8 Å². The summed E-state index contributed by atoms with van der Waals surface area (Å²) in [5.41, 5.74) is 0.838. The molecule has 98 valence electrons. The molecule has 18 heavy (non-hydrogen) atoms. The maximum Gasteiger partial charge on any atom is 0.162 e. The largest absolute Gasteiger partial charge is 0.490 e. The fourth-order valence-electron chi connectivity index (χ4n) is 2.06. The Morgan fingerprint density at radius 2 is 2.22 bits per heavy atom. The second kappa shape index (κ2) is 6.45. The third kappa shape index (κ3) is 3.26. The first-order valence-corrected chi connectivity index (χ1v) is 6.53. The van der Waals surface area contributed by atoms with Crippen LogP contribution in [0.25, 0.3) is 0 Å². The van der Waals surface area contributed by atoms with Crippen molar-refractivity contribution < 1.29 is 14.6 Å². The summed E-state index contributed by atoms with van der Waals surface area (Å²) in [5, 5.41) is 9.14. The molecule has 1 aliphatic carbocycles. The van der Waals surface area contributed by atoms with Gasteiger partial charge in [0, 0.05) is 0 Å². The zero-order valence-electron chi connectivity index (χ0n) is 10.8. The number of rotatable bonds is 5. The van der Waals surface area contributed by atoms with Crippen molar-refractivity contribution in [2.75, 3.05) is 6.61 Å². The molecule has 0 aromatic heterocycles. The highest BCUT2D eigenvalue weighted by Crippen LogP contribution is 2.31. The average molecular weight is 248 g/mol. The lowest BCUT2D eigenvalue weighted by molar-refractivity contribution is 0.213. The van der Waals surface area contributed by atoms with Crippen molar-refractivity contribution in [3.63, 3.8) is 0 Å². The van der Waals surface area contributed by atoms with E-state index in [1.807, 2.05) is 25.1 Å². The van der Waals surface area contributed by atoms with E-state index in [9.17, 15) is 0 Å². The van der Waals surface area contributed by atoms with Crippen molar-refractivity contribution in [3.8, 4) is 11.5 Å². The number of ether oxygens (including phenoxy) is 2. The van der Waals surface area contributed by atoms with Crippen molar-refractivity contribution in [2.24, 2.45) is 0 Å². The molecule has 0 saturated heterocycles. The lowest BCUT2D eigenvalue weighted by atomic mass is 10.1. The third-order valence-corrected chi connectivity index (χ3v) is 2.98. The zero-order valence-corrected chi connectivity index (χ0v) is 10.8. The van der Waals surface area contributed by atoms with E-state index in [1.54, 1.807) is 0 Å². The van der Waals surface area contributed by atoms with Gasteiger partial charge >= 0.3 is 0 Å². The van der Waals surface area contributed by atoms with Crippen LogP contribution in [0.2, 0.25) is 0 Å². The number of aliphatic hydroxyl groups is 1. The summed E-state index contributed by atoms with van der Waals surface area (Å²) in [6.07, 6.45) is 7.76. The summed E-state index contributed by atoms with van der Waals surface area (Å²) < 4.78 is 11.5. The molecule has 1 atom stereocenters. The van der Waals surface area contributed by atoms with Crippen molar-refractivity contribution in [3.05, 3.63) is 35.9 Å². The fourth-order valence-corrected chi connectivity index (χ4v) is 2.06. The van der Waals surface area contributed by atoms with E-state index in [2.05, 4.69) is 12.2 Å². The van der Waals surface area contributed by atoms with Gasteiger partial charge in [-0.3, -0.25) is 0 Å². The first kappa shape index (κ1) is 13.0. The lowest BCUT2D eigenvalue weighted by Crippen LogP contribution is -2.16. The van der Waals surface area contributed by atoms with Crippen molar-refractivity contribution in [1.82, 2.24) is 0 Å². The molecule has 3 heteroatoms. The van der Waals surface area contributed by atoms with Crippen LogP contribution in [0.15, 0.2) is 30.4 Å². The molecule has 1 aromatic carbocycles. The average Bonchev–Trinajstić information content (AvgIpc) is 2.42. The molecule has 0 radical (unpaired) electrons. The predicted molar refractivity (Wildman–Crippen MR) is 70.9 cm³/mol. The molecule has 2 rings (SSSR count). The molecule has 0 saturated carbocycles. The van der Waals surface area contributed by atoms with Crippen LogP contribution in [0.1, 0.15) is 31.7 Å². The second-order valence-corrected chi connectivity index (χ2v) is 4.39. The number of hydrogen-bond acceptors (Lipinski definition) is 3. The molecule has 0 amide bonds. The monoisotopic (exact) mass is 248 g/mol. The summed E-state index contributed by atoms with van der Waals surface area (Å²) >= 11 is 0. The van der Waals surface area contributed by atoms with Crippen LogP contribution in [0, 0.1) is 0 Å². The topological polar surface area (TPSA) is 38.7 Å². The van der Waals surface area contributed by atoms with Crippen molar-refractivity contribution in [2.45, 2.75) is 38.9 Å². The molecule has 0 spiro atoms. The van der Waals surface area contributed by atoms with E-state index in [-0.39, 0.29) is 12.7 Å². The van der Waals surface area contributed by atoms with Gasteiger partial charge in [0.2, 0.25) is 0 Å². The number of hydrogen-bond donors (Lipinski definition) is 1. The van der Waals surface area contributed by atoms with Crippen molar-refractivity contribution in [1.29, 1.82) is 0 Å². The Kier molecular flexibility index (Phi) is 4.65. The molecule has 0 heterocycles. The Balaban J connectivity index is 2.14. The quantitative estimate of drug-likeness (QED) is 0.814. The first-order chi connectivity index (χ1) is 8.83. The Hall–Kier alpha value is -1.48. The molecule has 3 nitrogen and oxygen atoms in total. The summed E-state index contributed by atoms with van der Waals surface area (Å²) in [4.78, 5) is 0. The highest BCUT2D eigenvalue weighted by atomic mass is 16.5. The molecule has 1 N–H and O–H groups in total. The Morgan fingerprint density at radius 3 is 2.89 bits per heavy atom. The Morgan fingerprint density at radius 1 is 1.33 bits per heavy atom. The minimum atomic E-state index is 0.0175. The zero-order chi connectivity index (χ0) is 12.8. The van der Waals surface area contributed by atoms with Crippen LogP contribution in [0.5, 0.6) is 11.5 Å². The number of allylic oxidation sites excluding steroid dienone is 1. The molecule has 0 fully saturated rings. The first-order valence-electron chi connectivity index (χ1n) is 6.53. The molecular weight excluding hydrogens is 228 g/mol. The third-order valence-electron chi connectivity index (χ3n) is 2.98. The van der Waals surface area contributed by atoms with E-state index in [0.29, 0.717) is 12.4 Å². The van der Waals surface area contributed by atoms with E-state index >= 15 is 0 Å². The normalized spacial score (nSPS) is 18.7. The smallest absolute Gasteiger partial charge is 0.162 e. The highest BCUT2D eigenvalue weighted by molar-refractivity contribution is 5.43. The van der Waals surface area contributed by atoms with Gasteiger partial charge in [-0.15, -0.1) is 0 Å². The van der Waals surface area contributed by atoms with E-state index < -0.39 is 0 Å². The van der Waals surface area contributed by atoms with Gasteiger partial charge in [-0.25, -0.2) is 0 Å². The molecule has 1 aliphatic rings. The molecule has 1 unspecified atom stereocenters. The molecule has 0 aliphatic heterocycles. The van der Waals surface area contributed by atoms with Crippen LogP contribution >= 0.6 is 0 Å². The van der Waals surface area contributed by atoms with E-state index in [4.69, 9.17) is 14.6 Å². The van der Waals surface area contributed by atoms with Crippen LogP contribution < -0.4 is 9.47 Å². The summed E-state index contributed by atoms with van der Waals surface area (Å²) in [6, 6.07) is 5.58. The SMILES string of the molecule is CCOc1cc(CO)ccc1OC1C=CCCC1. The summed E-state index contributed by atoms with van der Waals surface area (Å²) in [7, 11) is 0. The van der Waals surface area contributed by atoms with Gasteiger partial charge in [0.15, 0.2) is 11.5 Å². The summed E-state index contributed by atoms with van der Waals surface area (Å²) in [6.45, 7) is 2.55. The van der Waals surface area contributed by atoms with Gasteiger partial charge < -0.3 is 14.6 Å². The van der Waals surface area contributed by atoms with Crippen LogP contribution in [0.4, 0.5) is 0 Å². The minimum absolute atomic E-state index is 0.0175. The van der Waals surface area contributed by atoms with Crippen LogP contribution in [-0.2, 0) is 6.61 Å². The van der Waals surface area contributed by atoms with E-state index in [0.717, 1.165) is 24.2 Å². The van der Waals surface area contributed by atoms with Crippen molar-refractivity contribution >= 4 is 0 Å². The van der Waals surface area contributed by atoms with Gasteiger partial charge in [0.25, 0.3) is 0 Å². The number of aliphatic hydroxyl groups excluding tert-OH is 1. The molecular formula is C15H20O3. The lowest BCUT2D eigenvalue weighted by Gasteiger charge is -2.20. The van der Waals surface area contributed by atoms with Gasteiger partial charge in [-0.2, -0.15) is 0 Å². The second-order valence-electron chi connectivity index (χ2n) is 4.39. The highest BCUT2D eigenvalue weighted by Gasteiger charge is 2.13. The molecule has 1 aromatic rings. The summed E-state index contributed by atoms with van der Waals surface area (Å²) in [5.74, 6) is 1.47. The van der Waals surface area contributed by atoms with Crippen LogP contribution in [0.3, 0.4) is 0 Å². The Bertz CT molecular complexity index is 412. The standard InChI is InChI=1S/C15H20O3/c1-2-17-15-10-12(11-16)8-9-14(15)18-13-6-4-3-5-7-13/h4,6,8-10,13,16H,2-3,5,7,11H2,1H3.